The summed E-state index contributed by atoms with van der Waals surface area (Å²) in [7, 11) is 1.76. The van der Waals surface area contributed by atoms with E-state index >= 15 is 0 Å². The van der Waals surface area contributed by atoms with E-state index in [0.717, 1.165) is 6.54 Å². The van der Waals surface area contributed by atoms with Crippen molar-refractivity contribution in [3.05, 3.63) is 0 Å². The Morgan fingerprint density at radius 1 is 1.46 bits per heavy atom. The summed E-state index contributed by atoms with van der Waals surface area (Å²) in [4.78, 5) is 12.1. The highest BCUT2D eigenvalue weighted by molar-refractivity contribution is 5.81. The zero-order valence-electron chi connectivity index (χ0n) is 7.61. The van der Waals surface area contributed by atoms with Crippen LogP contribution in [0.15, 0.2) is 0 Å². The Balaban J connectivity index is 3.60. The van der Waals surface area contributed by atoms with E-state index in [4.69, 9.17) is 0 Å². The summed E-state index contributed by atoms with van der Waals surface area (Å²) in [6.45, 7) is 3.05. The van der Waals surface area contributed by atoms with Crippen LogP contribution in [0.1, 0.15) is 6.92 Å². The van der Waals surface area contributed by atoms with Crippen molar-refractivity contribution in [3.8, 4) is 0 Å². The third-order valence-electron chi connectivity index (χ3n) is 1.58. The number of carbonyl (C=O) groups excluding carboxylic acids is 1. The van der Waals surface area contributed by atoms with Crippen molar-refractivity contribution in [3.63, 3.8) is 0 Å². The standard InChI is InChI=1S/C7H13F3N2O/c1-3-12(2)5-4-11-6(13)7(8,9)10/h3-5H2,1-2H3,(H,11,13). The van der Waals surface area contributed by atoms with Crippen LogP contribution in [-0.2, 0) is 4.79 Å². The van der Waals surface area contributed by atoms with Gasteiger partial charge in [-0.15, -0.1) is 0 Å². The molecular weight excluding hydrogens is 185 g/mol. The van der Waals surface area contributed by atoms with Crippen molar-refractivity contribution in [1.29, 1.82) is 0 Å². The van der Waals surface area contributed by atoms with E-state index in [-0.39, 0.29) is 6.54 Å². The molecule has 1 N–H and O–H groups in total. The molecule has 0 aromatic rings. The highest BCUT2D eigenvalue weighted by Gasteiger charge is 2.38. The highest BCUT2D eigenvalue weighted by Crippen LogP contribution is 2.13. The minimum atomic E-state index is -4.77. The second-order valence-electron chi connectivity index (χ2n) is 2.65. The van der Waals surface area contributed by atoms with Crippen molar-refractivity contribution >= 4 is 5.91 Å². The molecule has 13 heavy (non-hydrogen) atoms. The average molecular weight is 198 g/mol. The number of nitrogens with one attached hydrogen (secondary N) is 1. The highest BCUT2D eigenvalue weighted by atomic mass is 19.4. The quantitative estimate of drug-likeness (QED) is 0.718. The van der Waals surface area contributed by atoms with Crippen LogP contribution < -0.4 is 5.32 Å². The molecule has 1 amide bonds. The van der Waals surface area contributed by atoms with E-state index in [1.54, 1.807) is 17.3 Å². The second kappa shape index (κ2) is 5.06. The molecule has 0 aliphatic carbocycles. The molecule has 0 radical (unpaired) electrons. The van der Waals surface area contributed by atoms with Crippen LogP contribution in [0.2, 0.25) is 0 Å². The van der Waals surface area contributed by atoms with E-state index in [1.165, 1.54) is 0 Å². The number of halogens is 3. The summed E-state index contributed by atoms with van der Waals surface area (Å²) in [5, 5.41) is 1.78. The summed E-state index contributed by atoms with van der Waals surface area (Å²) in [6.07, 6.45) is -4.77. The monoisotopic (exact) mass is 198 g/mol. The zero-order chi connectivity index (χ0) is 10.5. The first-order chi connectivity index (χ1) is 5.88. The fourth-order valence-corrected chi connectivity index (χ4v) is 0.619. The van der Waals surface area contributed by atoms with Gasteiger partial charge in [-0.2, -0.15) is 13.2 Å². The van der Waals surface area contributed by atoms with Gasteiger partial charge in [0, 0.05) is 13.1 Å². The predicted octanol–water partition coefficient (Wildman–Crippen LogP) is 0.617. The molecule has 0 unspecified atom stereocenters. The first-order valence-electron chi connectivity index (χ1n) is 3.91. The number of hydrogen-bond acceptors (Lipinski definition) is 2. The van der Waals surface area contributed by atoms with Gasteiger partial charge < -0.3 is 10.2 Å². The SMILES string of the molecule is CCN(C)CCNC(=O)C(F)(F)F. The Kier molecular flexibility index (Phi) is 4.76. The summed E-state index contributed by atoms with van der Waals surface area (Å²) >= 11 is 0. The summed E-state index contributed by atoms with van der Waals surface area (Å²) in [6, 6.07) is 0. The van der Waals surface area contributed by atoms with Crippen LogP contribution in [0, 0.1) is 0 Å². The lowest BCUT2D eigenvalue weighted by Gasteiger charge is -2.14. The summed E-state index contributed by atoms with van der Waals surface area (Å²) in [5.41, 5.74) is 0. The topological polar surface area (TPSA) is 32.3 Å². The van der Waals surface area contributed by atoms with Gasteiger partial charge in [-0.05, 0) is 13.6 Å². The van der Waals surface area contributed by atoms with Gasteiger partial charge in [-0.1, -0.05) is 6.92 Å². The molecule has 0 bridgehead atoms. The molecule has 0 aliphatic rings. The summed E-state index contributed by atoms with van der Waals surface area (Å²) in [5.74, 6) is -1.88. The second-order valence-corrected chi connectivity index (χ2v) is 2.65. The van der Waals surface area contributed by atoms with Crippen LogP contribution in [0.5, 0.6) is 0 Å². The molecule has 0 saturated carbocycles. The van der Waals surface area contributed by atoms with Crippen molar-refractivity contribution < 1.29 is 18.0 Å². The van der Waals surface area contributed by atoms with E-state index in [0.29, 0.717) is 6.54 Å². The lowest BCUT2D eigenvalue weighted by Crippen LogP contribution is -2.40. The number of amides is 1. The van der Waals surface area contributed by atoms with Crippen LogP contribution in [0.25, 0.3) is 0 Å². The fourth-order valence-electron chi connectivity index (χ4n) is 0.619. The molecule has 0 fully saturated rings. The molecular formula is C7H13F3N2O. The Morgan fingerprint density at radius 3 is 2.38 bits per heavy atom. The van der Waals surface area contributed by atoms with Crippen LogP contribution in [0.4, 0.5) is 13.2 Å². The molecule has 0 aromatic carbocycles. The van der Waals surface area contributed by atoms with Crippen LogP contribution in [-0.4, -0.2) is 43.7 Å². The van der Waals surface area contributed by atoms with Gasteiger partial charge in [-0.3, -0.25) is 4.79 Å². The van der Waals surface area contributed by atoms with Crippen LogP contribution in [0.3, 0.4) is 0 Å². The molecule has 0 aliphatic heterocycles. The lowest BCUT2D eigenvalue weighted by atomic mass is 10.5. The largest absolute Gasteiger partial charge is 0.471 e. The fraction of sp³-hybridized carbons (Fsp3) is 0.857. The van der Waals surface area contributed by atoms with Crippen molar-refractivity contribution in [2.75, 3.05) is 26.7 Å². The van der Waals surface area contributed by atoms with E-state index in [9.17, 15) is 18.0 Å². The average Bonchev–Trinajstić information content (AvgIpc) is 2.02. The number of hydrogen-bond donors (Lipinski definition) is 1. The predicted molar refractivity (Wildman–Crippen MR) is 42.2 cm³/mol. The maximum absolute atomic E-state index is 11.6. The molecule has 0 spiro atoms. The van der Waals surface area contributed by atoms with Gasteiger partial charge in [0.25, 0.3) is 0 Å². The minimum Gasteiger partial charge on any atom is -0.347 e. The Labute approximate surface area is 74.9 Å². The molecule has 0 atom stereocenters. The molecule has 6 heteroatoms. The maximum Gasteiger partial charge on any atom is 0.471 e. The van der Waals surface area contributed by atoms with Crippen molar-refractivity contribution in [1.82, 2.24) is 10.2 Å². The third-order valence-corrected chi connectivity index (χ3v) is 1.58. The number of rotatable bonds is 4. The normalized spacial score (nSPS) is 11.8. The maximum atomic E-state index is 11.6. The first kappa shape index (κ1) is 12.2. The molecule has 3 nitrogen and oxygen atoms in total. The number of alkyl halides is 3. The van der Waals surface area contributed by atoms with Gasteiger partial charge in [0.15, 0.2) is 0 Å². The molecule has 78 valence electrons. The molecule has 0 rings (SSSR count). The lowest BCUT2D eigenvalue weighted by molar-refractivity contribution is -0.173. The van der Waals surface area contributed by atoms with E-state index in [1.807, 2.05) is 6.92 Å². The summed E-state index contributed by atoms with van der Waals surface area (Å²) < 4.78 is 34.9. The van der Waals surface area contributed by atoms with Crippen molar-refractivity contribution in [2.45, 2.75) is 13.1 Å². The Hall–Kier alpha value is -0.780. The third kappa shape index (κ3) is 5.46. The van der Waals surface area contributed by atoms with Gasteiger partial charge in [0.2, 0.25) is 0 Å². The van der Waals surface area contributed by atoms with Crippen molar-refractivity contribution in [2.24, 2.45) is 0 Å². The number of nitrogens with zero attached hydrogens (tertiary/aromatic N) is 1. The Morgan fingerprint density at radius 2 is 2.00 bits per heavy atom. The molecule has 0 aromatic heterocycles. The molecule has 0 heterocycles. The Bertz CT molecular complexity index is 170. The van der Waals surface area contributed by atoms with E-state index in [2.05, 4.69) is 0 Å². The minimum absolute atomic E-state index is 0.0166. The van der Waals surface area contributed by atoms with Gasteiger partial charge in [0.1, 0.15) is 0 Å². The first-order valence-corrected chi connectivity index (χ1v) is 3.91. The van der Waals surface area contributed by atoms with Crippen LogP contribution >= 0.6 is 0 Å². The molecule has 0 saturated heterocycles. The smallest absolute Gasteiger partial charge is 0.347 e. The van der Waals surface area contributed by atoms with Gasteiger partial charge in [0.05, 0.1) is 0 Å². The van der Waals surface area contributed by atoms with Gasteiger partial charge >= 0.3 is 12.1 Å². The number of carbonyl (C=O) groups is 1. The van der Waals surface area contributed by atoms with Gasteiger partial charge in [-0.25, -0.2) is 0 Å². The zero-order valence-corrected chi connectivity index (χ0v) is 7.61. The van der Waals surface area contributed by atoms with E-state index < -0.39 is 12.1 Å². The number of likely N-dealkylation sites (N-methyl/N-ethyl adjacent to an activating group) is 1.